The Balaban J connectivity index is 1.82. The van der Waals surface area contributed by atoms with Gasteiger partial charge in [-0.1, -0.05) is 114 Å². The van der Waals surface area contributed by atoms with Crippen molar-refractivity contribution in [1.29, 1.82) is 0 Å². The quantitative estimate of drug-likeness (QED) is 0.310. The smallest absolute Gasteiger partial charge is 0.123 e. The van der Waals surface area contributed by atoms with Crippen LogP contribution in [0, 0.1) is 10.8 Å². The molecule has 0 spiro atoms. The molecule has 34 heavy (non-hydrogen) atoms. The molecule has 0 heterocycles. The first-order chi connectivity index (χ1) is 16.1. The molecule has 4 aromatic rings. The van der Waals surface area contributed by atoms with Gasteiger partial charge in [-0.25, -0.2) is 0 Å². The molecule has 1 nitrogen and oxygen atoms in total. The van der Waals surface area contributed by atoms with Gasteiger partial charge in [0.05, 0.1) is 0 Å². The molecule has 172 valence electrons. The minimum absolute atomic E-state index is 0.0288. The molecule has 2 aliphatic carbocycles. The van der Waals surface area contributed by atoms with Crippen LogP contribution in [0.3, 0.4) is 0 Å². The first kappa shape index (κ1) is 21.5. The van der Waals surface area contributed by atoms with Gasteiger partial charge in [-0.15, -0.1) is 0 Å². The van der Waals surface area contributed by atoms with Gasteiger partial charge in [-0.2, -0.15) is 0 Å². The number of phenols is 1. The number of fused-ring (bicyclic) bond motifs is 7. The summed E-state index contributed by atoms with van der Waals surface area (Å²) in [7, 11) is 0. The predicted octanol–water partition coefficient (Wildman–Crippen LogP) is 8.79. The molecule has 0 fully saturated rings. The Labute approximate surface area is 203 Å². The molecule has 0 aromatic heterocycles. The lowest BCUT2D eigenvalue weighted by atomic mass is 9.49. The molecule has 1 heteroatoms. The molecule has 2 atom stereocenters. The van der Waals surface area contributed by atoms with Crippen LogP contribution in [0.4, 0.5) is 0 Å². The zero-order valence-corrected chi connectivity index (χ0v) is 21.1. The van der Waals surface area contributed by atoms with Crippen molar-refractivity contribution in [3.05, 3.63) is 101 Å². The second kappa shape index (κ2) is 6.75. The number of benzene rings is 4. The Morgan fingerprint density at radius 2 is 1.24 bits per heavy atom. The van der Waals surface area contributed by atoms with E-state index in [1.54, 1.807) is 0 Å². The molecule has 0 aliphatic heterocycles. The van der Waals surface area contributed by atoms with E-state index in [0.717, 1.165) is 11.1 Å². The lowest BCUT2D eigenvalue weighted by Crippen LogP contribution is -2.47. The standard InChI is InChI=1S/C33H34O/c1-31(2,3)28-24-19-20-13-7-8-14-21(20)27(30(24)34)29(28)33(32(4,5)6)25-17-11-9-15-22(25)23-16-10-12-18-26(23)33/h7-19,28-29,34H,1-6H3. The van der Waals surface area contributed by atoms with Gasteiger partial charge < -0.3 is 5.11 Å². The molecule has 2 bridgehead atoms. The van der Waals surface area contributed by atoms with E-state index in [1.807, 2.05) is 0 Å². The van der Waals surface area contributed by atoms with E-state index < -0.39 is 0 Å². The van der Waals surface area contributed by atoms with Gasteiger partial charge in [0.2, 0.25) is 0 Å². The predicted molar refractivity (Wildman–Crippen MR) is 143 cm³/mol. The third-order valence-electron chi connectivity index (χ3n) is 8.65. The Hall–Kier alpha value is -3.06. The van der Waals surface area contributed by atoms with Gasteiger partial charge in [0, 0.05) is 22.8 Å². The third kappa shape index (κ3) is 2.51. The molecule has 0 radical (unpaired) electrons. The van der Waals surface area contributed by atoms with Crippen molar-refractivity contribution in [1.82, 2.24) is 0 Å². The summed E-state index contributed by atoms with van der Waals surface area (Å²) in [5, 5.41) is 14.2. The van der Waals surface area contributed by atoms with Crippen LogP contribution in [0.15, 0.2) is 78.9 Å². The summed E-state index contributed by atoms with van der Waals surface area (Å²) >= 11 is 0. The van der Waals surface area contributed by atoms with Crippen LogP contribution in [0.25, 0.3) is 21.9 Å². The highest BCUT2D eigenvalue weighted by Gasteiger charge is 2.62. The molecule has 2 aliphatic rings. The van der Waals surface area contributed by atoms with E-state index in [4.69, 9.17) is 0 Å². The average Bonchev–Trinajstić information content (AvgIpc) is 3.17. The summed E-state index contributed by atoms with van der Waals surface area (Å²) in [5.74, 6) is 0.814. The highest BCUT2D eigenvalue weighted by Crippen LogP contribution is 2.72. The number of phenolic OH excluding ortho intramolecular Hbond substituents is 1. The first-order valence-electron chi connectivity index (χ1n) is 12.5. The van der Waals surface area contributed by atoms with Crippen molar-refractivity contribution in [3.63, 3.8) is 0 Å². The van der Waals surface area contributed by atoms with Gasteiger partial charge in [-0.05, 0) is 55.5 Å². The third-order valence-corrected chi connectivity index (χ3v) is 8.65. The zero-order chi connectivity index (χ0) is 24.0. The highest BCUT2D eigenvalue weighted by molar-refractivity contribution is 5.93. The summed E-state index contributed by atoms with van der Waals surface area (Å²) in [6.07, 6.45) is 0. The van der Waals surface area contributed by atoms with Gasteiger partial charge in [0.15, 0.2) is 0 Å². The van der Waals surface area contributed by atoms with E-state index >= 15 is 0 Å². The minimum atomic E-state index is -0.283. The van der Waals surface area contributed by atoms with Crippen LogP contribution < -0.4 is 0 Å². The monoisotopic (exact) mass is 446 g/mol. The van der Waals surface area contributed by atoms with Gasteiger partial charge in [-0.3, -0.25) is 0 Å². The maximum absolute atomic E-state index is 11.8. The summed E-state index contributed by atoms with van der Waals surface area (Å²) < 4.78 is 0. The van der Waals surface area contributed by atoms with Crippen molar-refractivity contribution in [2.75, 3.05) is 0 Å². The maximum atomic E-state index is 11.8. The van der Waals surface area contributed by atoms with Crippen molar-refractivity contribution < 1.29 is 5.11 Å². The fraction of sp³-hybridized carbons (Fsp3) is 0.333. The lowest BCUT2D eigenvalue weighted by molar-refractivity contribution is 0.141. The van der Waals surface area contributed by atoms with E-state index in [1.165, 1.54) is 33.0 Å². The summed E-state index contributed by atoms with van der Waals surface area (Å²) in [4.78, 5) is 0. The van der Waals surface area contributed by atoms with Crippen LogP contribution >= 0.6 is 0 Å². The Bertz CT molecular complexity index is 1400. The molecule has 2 unspecified atom stereocenters. The van der Waals surface area contributed by atoms with E-state index in [0.29, 0.717) is 5.75 Å². The molecular formula is C33H34O. The van der Waals surface area contributed by atoms with Gasteiger partial charge in [0.1, 0.15) is 5.75 Å². The van der Waals surface area contributed by atoms with Crippen LogP contribution in [-0.2, 0) is 5.41 Å². The molecule has 6 rings (SSSR count). The summed E-state index contributed by atoms with van der Waals surface area (Å²) in [6.45, 7) is 14.2. The van der Waals surface area contributed by atoms with Crippen molar-refractivity contribution in [2.24, 2.45) is 10.8 Å². The number of rotatable bonds is 1. The number of hydrogen-bond donors (Lipinski definition) is 1. The molecule has 4 aromatic carbocycles. The molecule has 0 saturated carbocycles. The van der Waals surface area contributed by atoms with Crippen molar-refractivity contribution in [2.45, 2.75) is 58.8 Å². The zero-order valence-electron chi connectivity index (χ0n) is 21.1. The van der Waals surface area contributed by atoms with E-state index in [9.17, 15) is 5.11 Å². The number of aromatic hydroxyl groups is 1. The second-order valence-electron chi connectivity index (χ2n) is 12.4. The van der Waals surface area contributed by atoms with Crippen LogP contribution in [0.1, 0.15) is 75.6 Å². The fourth-order valence-corrected chi connectivity index (χ4v) is 7.60. The molecule has 0 saturated heterocycles. The van der Waals surface area contributed by atoms with Crippen LogP contribution in [0.5, 0.6) is 5.75 Å². The SMILES string of the molecule is CC(C)(C)C1c2cc3ccccc3c(c2O)C1C1(C(C)(C)C)c2ccccc2-c2ccccc21. The van der Waals surface area contributed by atoms with E-state index in [-0.39, 0.29) is 28.1 Å². The fourth-order valence-electron chi connectivity index (χ4n) is 7.60. The van der Waals surface area contributed by atoms with E-state index in [2.05, 4.69) is 120 Å². The van der Waals surface area contributed by atoms with Crippen molar-refractivity contribution in [3.8, 4) is 16.9 Å². The second-order valence-corrected chi connectivity index (χ2v) is 12.4. The lowest BCUT2D eigenvalue weighted by Gasteiger charge is -2.52. The largest absolute Gasteiger partial charge is 0.507 e. The number of hydrogen-bond acceptors (Lipinski definition) is 1. The minimum Gasteiger partial charge on any atom is -0.507 e. The molecular weight excluding hydrogens is 412 g/mol. The highest BCUT2D eigenvalue weighted by atomic mass is 16.3. The van der Waals surface area contributed by atoms with Crippen LogP contribution in [-0.4, -0.2) is 5.11 Å². The van der Waals surface area contributed by atoms with Crippen LogP contribution in [0.2, 0.25) is 0 Å². The summed E-state index contributed by atoms with van der Waals surface area (Å²) in [5.41, 5.74) is 7.31. The van der Waals surface area contributed by atoms with Gasteiger partial charge >= 0.3 is 0 Å². The average molecular weight is 447 g/mol. The normalized spacial score (nSPS) is 20.4. The summed E-state index contributed by atoms with van der Waals surface area (Å²) in [6, 6.07) is 28.9. The topological polar surface area (TPSA) is 20.2 Å². The Morgan fingerprint density at radius 3 is 1.79 bits per heavy atom. The molecule has 1 N–H and O–H groups in total. The molecule has 0 amide bonds. The van der Waals surface area contributed by atoms with Crippen molar-refractivity contribution >= 4 is 10.8 Å². The van der Waals surface area contributed by atoms with Gasteiger partial charge in [0.25, 0.3) is 0 Å². The Kier molecular flexibility index (Phi) is 4.26. The Morgan fingerprint density at radius 1 is 0.706 bits per heavy atom. The first-order valence-corrected chi connectivity index (χ1v) is 12.5. The maximum Gasteiger partial charge on any atom is 0.123 e.